The van der Waals surface area contributed by atoms with Crippen molar-refractivity contribution in [3.63, 3.8) is 0 Å². The molecule has 1 aliphatic rings. The Hall–Kier alpha value is -1.47. The lowest BCUT2D eigenvalue weighted by molar-refractivity contribution is 0.607. The van der Waals surface area contributed by atoms with Gasteiger partial charge in [-0.2, -0.15) is 0 Å². The van der Waals surface area contributed by atoms with E-state index in [0.29, 0.717) is 22.4 Å². The molecule has 98 valence electrons. The predicted octanol–water partition coefficient (Wildman–Crippen LogP) is 1.08. The van der Waals surface area contributed by atoms with Crippen LogP contribution in [0.1, 0.15) is 0 Å². The second kappa shape index (κ2) is 5.03. The first-order valence-electron chi connectivity index (χ1n) is 5.26. The highest BCUT2D eigenvalue weighted by atomic mass is 35.5. The number of hydrogen-bond donors (Lipinski definition) is 3. The molecule has 0 saturated carbocycles. The zero-order chi connectivity index (χ0) is 13.2. The summed E-state index contributed by atoms with van der Waals surface area (Å²) in [6, 6.07) is 4.88. The maximum absolute atomic E-state index is 11.2. The van der Waals surface area contributed by atoms with Crippen LogP contribution in [0.4, 0.5) is 11.4 Å². The molecule has 1 aromatic rings. The zero-order valence-electron chi connectivity index (χ0n) is 9.70. The number of nitrogens with zero attached hydrogens (tertiary/aromatic N) is 1. The Labute approximate surface area is 110 Å². The van der Waals surface area contributed by atoms with Gasteiger partial charge < -0.3 is 10.6 Å². The number of anilines is 2. The summed E-state index contributed by atoms with van der Waals surface area (Å²) in [5.74, 6) is 0.655. The van der Waals surface area contributed by atoms with Crippen molar-refractivity contribution in [1.82, 2.24) is 5.32 Å². The first kappa shape index (κ1) is 13.0. The quantitative estimate of drug-likeness (QED) is 0.777. The van der Waals surface area contributed by atoms with Crippen molar-refractivity contribution in [2.45, 2.75) is 0 Å². The van der Waals surface area contributed by atoms with Crippen LogP contribution in [-0.4, -0.2) is 33.7 Å². The number of rotatable bonds is 3. The Bertz CT molecular complexity index is 586. The number of benzene rings is 1. The van der Waals surface area contributed by atoms with E-state index in [1.165, 1.54) is 6.07 Å². The summed E-state index contributed by atoms with van der Waals surface area (Å²) in [5.41, 5.74) is 1.08. The molecule has 1 aliphatic heterocycles. The summed E-state index contributed by atoms with van der Waals surface area (Å²) in [6.07, 6.45) is 1.09. The smallest absolute Gasteiger partial charge is 0.229 e. The molecule has 1 heterocycles. The van der Waals surface area contributed by atoms with Gasteiger partial charge >= 0.3 is 0 Å². The third-order valence-electron chi connectivity index (χ3n) is 2.14. The average Bonchev–Trinajstić information content (AvgIpc) is 2.66. The number of aliphatic imine (C=N–C) groups is 1. The number of sulfonamides is 1. The molecule has 6 nitrogen and oxygen atoms in total. The van der Waals surface area contributed by atoms with E-state index in [1.807, 2.05) is 0 Å². The highest BCUT2D eigenvalue weighted by molar-refractivity contribution is 7.92. The monoisotopic (exact) mass is 288 g/mol. The third-order valence-corrected chi connectivity index (χ3v) is 2.96. The van der Waals surface area contributed by atoms with Gasteiger partial charge in [-0.3, -0.25) is 9.71 Å². The molecule has 0 amide bonds. The van der Waals surface area contributed by atoms with Crippen LogP contribution in [0.25, 0.3) is 0 Å². The molecule has 1 aromatic carbocycles. The Morgan fingerprint density at radius 1 is 1.33 bits per heavy atom. The van der Waals surface area contributed by atoms with E-state index in [1.54, 1.807) is 12.1 Å². The van der Waals surface area contributed by atoms with Crippen LogP contribution in [0.2, 0.25) is 5.02 Å². The molecule has 0 unspecified atom stereocenters. The molecule has 0 bridgehead atoms. The zero-order valence-corrected chi connectivity index (χ0v) is 11.3. The van der Waals surface area contributed by atoms with E-state index in [2.05, 4.69) is 20.3 Å². The highest BCUT2D eigenvalue weighted by Gasteiger charge is 2.08. The molecule has 3 N–H and O–H groups in total. The van der Waals surface area contributed by atoms with Gasteiger partial charge in [0.1, 0.15) is 0 Å². The van der Waals surface area contributed by atoms with Crippen molar-refractivity contribution in [2.24, 2.45) is 4.99 Å². The summed E-state index contributed by atoms with van der Waals surface area (Å²) in [5, 5.41) is 6.51. The van der Waals surface area contributed by atoms with Gasteiger partial charge in [0.2, 0.25) is 10.0 Å². The lowest BCUT2D eigenvalue weighted by atomic mass is 10.3. The summed E-state index contributed by atoms with van der Waals surface area (Å²) in [6.45, 7) is 1.51. The van der Waals surface area contributed by atoms with E-state index < -0.39 is 10.0 Å². The van der Waals surface area contributed by atoms with Crippen molar-refractivity contribution in [3.8, 4) is 0 Å². The normalized spacial score (nSPS) is 14.9. The van der Waals surface area contributed by atoms with Crippen LogP contribution < -0.4 is 15.4 Å². The Kier molecular flexibility index (Phi) is 3.63. The molecular formula is C10H13ClN4O2S. The Morgan fingerprint density at radius 2 is 2.06 bits per heavy atom. The maximum atomic E-state index is 11.2. The van der Waals surface area contributed by atoms with Crippen molar-refractivity contribution < 1.29 is 8.42 Å². The van der Waals surface area contributed by atoms with Crippen molar-refractivity contribution in [3.05, 3.63) is 23.2 Å². The third kappa shape index (κ3) is 3.78. The maximum Gasteiger partial charge on any atom is 0.229 e. The van der Waals surface area contributed by atoms with Gasteiger partial charge in [0.05, 0.1) is 18.5 Å². The van der Waals surface area contributed by atoms with Crippen molar-refractivity contribution in [1.29, 1.82) is 0 Å². The molecule has 0 aromatic heterocycles. The molecular weight excluding hydrogens is 276 g/mol. The molecule has 2 rings (SSSR count). The van der Waals surface area contributed by atoms with Crippen LogP contribution in [0.5, 0.6) is 0 Å². The van der Waals surface area contributed by atoms with Crippen LogP contribution >= 0.6 is 11.6 Å². The van der Waals surface area contributed by atoms with E-state index >= 15 is 0 Å². The summed E-state index contributed by atoms with van der Waals surface area (Å²) >= 11 is 5.93. The summed E-state index contributed by atoms with van der Waals surface area (Å²) in [7, 11) is -3.32. The fourth-order valence-electron chi connectivity index (χ4n) is 1.55. The molecule has 0 aliphatic carbocycles. The first-order valence-corrected chi connectivity index (χ1v) is 7.53. The van der Waals surface area contributed by atoms with E-state index in [4.69, 9.17) is 11.6 Å². The number of hydrogen-bond acceptors (Lipinski definition) is 5. The SMILES string of the molecule is CS(=O)(=O)Nc1cc(Cl)cc(NC2=NCCN2)c1. The Morgan fingerprint density at radius 3 is 2.67 bits per heavy atom. The van der Waals surface area contributed by atoms with Gasteiger partial charge in [-0.15, -0.1) is 0 Å². The van der Waals surface area contributed by atoms with E-state index in [9.17, 15) is 8.42 Å². The average molecular weight is 289 g/mol. The standard InChI is InChI=1S/C10H13ClN4O2S/c1-18(16,17)15-9-5-7(11)4-8(6-9)14-10-12-2-3-13-10/h4-6,15H,2-3H2,1H3,(H2,12,13,14). The molecule has 8 heteroatoms. The lowest BCUT2D eigenvalue weighted by Crippen LogP contribution is -2.26. The lowest BCUT2D eigenvalue weighted by Gasteiger charge is -2.10. The number of halogens is 1. The number of guanidine groups is 1. The van der Waals surface area contributed by atoms with Gasteiger partial charge in [-0.1, -0.05) is 11.6 Å². The van der Waals surface area contributed by atoms with E-state index in [0.717, 1.165) is 19.3 Å². The van der Waals surface area contributed by atoms with Crippen molar-refractivity contribution in [2.75, 3.05) is 29.4 Å². The fourth-order valence-corrected chi connectivity index (χ4v) is 2.33. The van der Waals surface area contributed by atoms with Crippen LogP contribution in [0.3, 0.4) is 0 Å². The van der Waals surface area contributed by atoms with Crippen molar-refractivity contribution >= 4 is 39.0 Å². The second-order valence-electron chi connectivity index (χ2n) is 3.88. The molecule has 0 saturated heterocycles. The number of nitrogens with one attached hydrogen (secondary N) is 3. The largest absolute Gasteiger partial charge is 0.354 e. The van der Waals surface area contributed by atoms with Gasteiger partial charge in [0, 0.05) is 17.3 Å². The van der Waals surface area contributed by atoms with Gasteiger partial charge in [0.15, 0.2) is 5.96 Å². The predicted molar refractivity (Wildman–Crippen MR) is 73.8 cm³/mol. The van der Waals surface area contributed by atoms with Crippen LogP contribution in [-0.2, 0) is 10.0 Å². The summed E-state index contributed by atoms with van der Waals surface area (Å²) < 4.78 is 24.7. The Balaban J connectivity index is 2.20. The van der Waals surface area contributed by atoms with Crippen LogP contribution in [0.15, 0.2) is 23.2 Å². The minimum atomic E-state index is -3.32. The highest BCUT2D eigenvalue weighted by Crippen LogP contribution is 2.23. The van der Waals surface area contributed by atoms with Gasteiger partial charge in [0.25, 0.3) is 0 Å². The fraction of sp³-hybridized carbons (Fsp3) is 0.300. The van der Waals surface area contributed by atoms with Crippen LogP contribution in [0, 0.1) is 0 Å². The minimum absolute atomic E-state index is 0.408. The molecule has 0 atom stereocenters. The van der Waals surface area contributed by atoms with Gasteiger partial charge in [-0.05, 0) is 18.2 Å². The molecule has 18 heavy (non-hydrogen) atoms. The summed E-state index contributed by atoms with van der Waals surface area (Å²) in [4.78, 5) is 4.18. The van der Waals surface area contributed by atoms with E-state index in [-0.39, 0.29) is 0 Å². The van der Waals surface area contributed by atoms with Gasteiger partial charge in [-0.25, -0.2) is 8.42 Å². The molecule has 0 fully saturated rings. The molecule has 0 spiro atoms. The minimum Gasteiger partial charge on any atom is -0.354 e. The first-order chi connectivity index (χ1) is 8.42. The second-order valence-corrected chi connectivity index (χ2v) is 6.07. The topological polar surface area (TPSA) is 82.6 Å². The molecule has 0 radical (unpaired) electrons.